The second kappa shape index (κ2) is 12.9. The summed E-state index contributed by atoms with van der Waals surface area (Å²) in [5, 5.41) is 14.7. The summed E-state index contributed by atoms with van der Waals surface area (Å²) < 4.78 is 29.7. The van der Waals surface area contributed by atoms with Gasteiger partial charge in [0, 0.05) is 43.7 Å². The van der Waals surface area contributed by atoms with E-state index in [1.807, 2.05) is 0 Å². The van der Waals surface area contributed by atoms with Crippen molar-refractivity contribution in [2.75, 3.05) is 33.3 Å². The maximum atomic E-state index is 12.3. The van der Waals surface area contributed by atoms with Crippen molar-refractivity contribution in [2.45, 2.75) is 63.8 Å². The number of fused-ring (bicyclic) bond motifs is 1. The average Bonchev–Trinajstić information content (AvgIpc) is 3.10. The third-order valence-electron chi connectivity index (χ3n) is 6.24. The predicted octanol–water partition coefficient (Wildman–Crippen LogP) is 2.87. The van der Waals surface area contributed by atoms with Gasteiger partial charge in [-0.25, -0.2) is 13.8 Å². The average molecular weight is 485 g/mol. The van der Waals surface area contributed by atoms with Crippen LogP contribution in [0.25, 0.3) is 0 Å². The summed E-state index contributed by atoms with van der Waals surface area (Å²) in [4.78, 5) is 20.2. The molecule has 1 saturated carbocycles. The van der Waals surface area contributed by atoms with E-state index in [-0.39, 0.29) is 18.4 Å². The first-order valence-electron chi connectivity index (χ1n) is 11.6. The zero-order valence-corrected chi connectivity index (χ0v) is 19.9. The number of thiazole rings is 1. The molecule has 0 radical (unpaired) electrons. The molecule has 1 aromatic heterocycles. The highest BCUT2D eigenvalue weighted by molar-refractivity contribution is 7.13. The van der Waals surface area contributed by atoms with Crippen molar-refractivity contribution in [3.8, 4) is 5.19 Å². The Morgan fingerprint density at radius 3 is 2.79 bits per heavy atom. The Hall–Kier alpha value is -2.14. The molecule has 0 spiro atoms. The highest BCUT2D eigenvalue weighted by Gasteiger charge is 2.24. The van der Waals surface area contributed by atoms with Crippen LogP contribution in [-0.4, -0.2) is 73.5 Å². The number of rotatable bonds is 11. The lowest BCUT2D eigenvalue weighted by molar-refractivity contribution is -0.120. The van der Waals surface area contributed by atoms with Gasteiger partial charge in [-0.05, 0) is 51.0 Å². The molecule has 0 saturated heterocycles. The fourth-order valence-corrected chi connectivity index (χ4v) is 5.43. The van der Waals surface area contributed by atoms with Crippen molar-refractivity contribution >= 4 is 29.2 Å². The number of amides is 1. The Morgan fingerprint density at radius 1 is 1.33 bits per heavy atom. The number of nitrogens with zero attached hydrogens (tertiary/aromatic N) is 3. The van der Waals surface area contributed by atoms with Crippen LogP contribution >= 0.6 is 11.3 Å². The van der Waals surface area contributed by atoms with Gasteiger partial charge in [-0.3, -0.25) is 4.79 Å². The highest BCUT2D eigenvalue weighted by Crippen LogP contribution is 2.30. The van der Waals surface area contributed by atoms with Crippen LogP contribution in [0.4, 0.5) is 8.78 Å². The first-order chi connectivity index (χ1) is 16.0. The quantitative estimate of drug-likeness (QED) is 0.331. The summed E-state index contributed by atoms with van der Waals surface area (Å²) >= 11 is 1.40. The molecule has 8 nitrogen and oxygen atoms in total. The number of hydrogen-bond donors (Lipinski definition) is 3. The van der Waals surface area contributed by atoms with E-state index in [0.717, 1.165) is 81.4 Å². The number of carbonyl (C=O) groups is 1. The summed E-state index contributed by atoms with van der Waals surface area (Å²) in [5.41, 5.74) is 4.03. The molecule has 11 heteroatoms. The van der Waals surface area contributed by atoms with Gasteiger partial charge in [-0.1, -0.05) is 11.3 Å². The number of alkyl halides is 2. The molecule has 1 aliphatic carbocycles. The van der Waals surface area contributed by atoms with E-state index in [1.54, 1.807) is 7.05 Å². The third-order valence-corrected chi connectivity index (χ3v) is 7.31. The van der Waals surface area contributed by atoms with Crippen LogP contribution in [0.15, 0.2) is 5.10 Å². The smallest absolute Gasteiger partial charge is 0.273 e. The molecule has 3 N–H and O–H groups in total. The highest BCUT2D eigenvalue weighted by atomic mass is 32.1. The molecule has 3 rings (SSSR count). The minimum absolute atomic E-state index is 0.0793. The number of nitrogens with one attached hydrogen (secondary N) is 3. The molecular formula is C22H34F2N6O2S. The summed E-state index contributed by atoms with van der Waals surface area (Å²) in [5.74, 6) is 0.593. The monoisotopic (exact) mass is 484 g/mol. The molecule has 1 aliphatic heterocycles. The topological polar surface area (TPSA) is 103 Å². The zero-order chi connectivity index (χ0) is 23.6. The minimum atomic E-state index is -2.48. The van der Waals surface area contributed by atoms with Crippen molar-refractivity contribution < 1.29 is 18.3 Å². The molecule has 0 bridgehead atoms. The molecular weight excluding hydrogens is 450 g/mol. The van der Waals surface area contributed by atoms with Crippen molar-refractivity contribution in [1.82, 2.24) is 20.6 Å². The van der Waals surface area contributed by atoms with E-state index in [9.17, 15) is 13.6 Å². The first-order valence-corrected chi connectivity index (χ1v) is 12.4. The summed E-state index contributed by atoms with van der Waals surface area (Å²) in [7, 11) is 1.65. The lowest BCUT2D eigenvalue weighted by Crippen LogP contribution is -2.39. The molecule has 33 heavy (non-hydrogen) atoms. The van der Waals surface area contributed by atoms with E-state index in [1.165, 1.54) is 11.3 Å². The Morgan fingerprint density at radius 2 is 2.09 bits per heavy atom. The summed E-state index contributed by atoms with van der Waals surface area (Å²) in [6.45, 7) is 2.34. The van der Waals surface area contributed by atoms with Gasteiger partial charge in [0.15, 0.2) is 6.61 Å². The maximum absolute atomic E-state index is 12.3. The normalized spacial score (nSPS) is 21.9. The van der Waals surface area contributed by atoms with Crippen molar-refractivity contribution in [3.63, 3.8) is 0 Å². The van der Waals surface area contributed by atoms with Crippen LogP contribution in [0, 0.1) is 11.3 Å². The number of aromatic nitrogens is 1. The molecule has 2 aliphatic rings. The van der Waals surface area contributed by atoms with E-state index < -0.39 is 13.0 Å². The predicted molar refractivity (Wildman–Crippen MR) is 126 cm³/mol. The SMILES string of the molecule is CN/N=C(\C=N)CC(=O)NC1CCC(CCN2CCc3nc(OCC(F)F)sc3CC2)CC1. The largest absolute Gasteiger partial charge is 0.464 e. The van der Waals surface area contributed by atoms with Gasteiger partial charge in [0.1, 0.15) is 0 Å². The second-order valence-corrected chi connectivity index (χ2v) is 9.66. The zero-order valence-electron chi connectivity index (χ0n) is 19.1. The van der Waals surface area contributed by atoms with Crippen molar-refractivity contribution in [3.05, 3.63) is 10.6 Å². The number of hydrazone groups is 1. The third kappa shape index (κ3) is 8.29. The van der Waals surface area contributed by atoms with Crippen LogP contribution in [-0.2, 0) is 17.6 Å². The van der Waals surface area contributed by atoms with Gasteiger partial charge in [0.2, 0.25) is 5.91 Å². The fraction of sp³-hybridized carbons (Fsp3) is 0.727. The van der Waals surface area contributed by atoms with Crippen molar-refractivity contribution in [2.24, 2.45) is 11.0 Å². The second-order valence-electron chi connectivity index (χ2n) is 8.62. The Bertz CT molecular complexity index is 785. The van der Waals surface area contributed by atoms with E-state index in [0.29, 0.717) is 16.8 Å². The Balaban J connectivity index is 1.34. The van der Waals surface area contributed by atoms with E-state index >= 15 is 0 Å². The standard InChI is InChI=1S/C22H34F2N6O2S/c1-26-29-17(13-25)12-21(31)27-16-4-2-15(3-5-16)6-9-30-10-7-18-19(8-11-30)33-22(28-18)32-14-20(23)24/h13,15-16,20,25-26H,2-12,14H2,1H3,(H,27,31)/b25-13?,29-17-. The van der Waals surface area contributed by atoms with Crippen molar-refractivity contribution in [1.29, 1.82) is 5.41 Å². The van der Waals surface area contributed by atoms with Crippen LogP contribution in [0.1, 0.15) is 49.1 Å². The number of carbonyl (C=O) groups excluding carboxylic acids is 1. The van der Waals surface area contributed by atoms with E-state index in [4.69, 9.17) is 10.1 Å². The van der Waals surface area contributed by atoms with Gasteiger partial charge in [-0.15, -0.1) is 0 Å². The van der Waals surface area contributed by atoms with Gasteiger partial charge in [-0.2, -0.15) is 5.10 Å². The van der Waals surface area contributed by atoms with Gasteiger partial charge < -0.3 is 25.8 Å². The molecule has 0 aromatic carbocycles. The van der Waals surface area contributed by atoms with Crippen LogP contribution in [0.5, 0.6) is 5.19 Å². The molecule has 1 aromatic rings. The van der Waals surface area contributed by atoms with Crippen LogP contribution in [0.2, 0.25) is 0 Å². The molecule has 0 atom stereocenters. The molecule has 184 valence electrons. The maximum Gasteiger partial charge on any atom is 0.273 e. The van der Waals surface area contributed by atoms with Gasteiger partial charge in [0.25, 0.3) is 11.6 Å². The van der Waals surface area contributed by atoms with Gasteiger partial charge in [0.05, 0.1) is 17.8 Å². The molecule has 1 fully saturated rings. The lowest BCUT2D eigenvalue weighted by Gasteiger charge is -2.30. The number of halogens is 2. The molecule has 1 amide bonds. The Labute approximate surface area is 197 Å². The first kappa shape index (κ1) is 25.5. The van der Waals surface area contributed by atoms with E-state index in [2.05, 4.69) is 25.7 Å². The number of ether oxygens (including phenoxy) is 1. The summed E-state index contributed by atoms with van der Waals surface area (Å²) in [6, 6.07) is 0.206. The molecule has 2 heterocycles. The number of hydrogen-bond acceptors (Lipinski definition) is 8. The lowest BCUT2D eigenvalue weighted by atomic mass is 9.84. The van der Waals surface area contributed by atoms with Crippen LogP contribution < -0.4 is 15.5 Å². The Kier molecular flexibility index (Phi) is 9.98. The van der Waals surface area contributed by atoms with Crippen LogP contribution in [0.3, 0.4) is 0 Å². The van der Waals surface area contributed by atoms with Gasteiger partial charge >= 0.3 is 0 Å². The summed E-state index contributed by atoms with van der Waals surface area (Å²) in [6.07, 6.45) is 5.82. The molecule has 0 unspecified atom stereocenters. The minimum Gasteiger partial charge on any atom is -0.464 e. The fourth-order valence-electron chi connectivity index (χ4n) is 4.48.